The number of para-hydroxylation sites is 1. The summed E-state index contributed by atoms with van der Waals surface area (Å²) in [7, 11) is 0. The van der Waals surface area contributed by atoms with E-state index in [0.29, 0.717) is 17.5 Å². The molecule has 4 heteroatoms. The summed E-state index contributed by atoms with van der Waals surface area (Å²) in [5.41, 5.74) is 14.7. The summed E-state index contributed by atoms with van der Waals surface area (Å²) in [4.78, 5) is 15.4. The SMILES string of the molecule is C1=CC2=C(CC1)c1cccc3c(-c4ccc(-c5nc(-c6cccc(-c7ccccc7)c6)nc(-c6cccc7oc8ccccc8c67)n5)cc4)ccc2c13. The van der Waals surface area contributed by atoms with Gasteiger partial charge < -0.3 is 4.42 Å². The molecule has 0 bridgehead atoms. The molecule has 9 aromatic rings. The highest BCUT2D eigenvalue weighted by molar-refractivity contribution is 6.19. The van der Waals surface area contributed by atoms with E-state index >= 15 is 0 Å². The molecule has 2 heterocycles. The van der Waals surface area contributed by atoms with Crippen molar-refractivity contribution >= 4 is 43.9 Å². The van der Waals surface area contributed by atoms with Gasteiger partial charge in [-0.3, -0.25) is 0 Å². The summed E-state index contributed by atoms with van der Waals surface area (Å²) >= 11 is 0. The first-order chi connectivity index (χ1) is 26.3. The van der Waals surface area contributed by atoms with Gasteiger partial charge in [0.25, 0.3) is 0 Å². The van der Waals surface area contributed by atoms with Crippen molar-refractivity contribution in [1.82, 2.24) is 15.0 Å². The van der Waals surface area contributed by atoms with E-state index < -0.39 is 0 Å². The van der Waals surface area contributed by atoms with Crippen molar-refractivity contribution in [3.05, 3.63) is 175 Å². The fourth-order valence-electron chi connectivity index (χ4n) is 8.31. The van der Waals surface area contributed by atoms with Crippen LogP contribution < -0.4 is 0 Å². The minimum Gasteiger partial charge on any atom is -0.456 e. The van der Waals surface area contributed by atoms with Crippen molar-refractivity contribution < 1.29 is 4.42 Å². The van der Waals surface area contributed by atoms with E-state index in [1.54, 1.807) is 0 Å². The Hall–Kier alpha value is -6.91. The molecule has 0 N–H and O–H groups in total. The number of benzene rings is 7. The summed E-state index contributed by atoms with van der Waals surface area (Å²) in [6, 6.07) is 53.1. The Morgan fingerprint density at radius 1 is 0.415 bits per heavy atom. The Morgan fingerprint density at radius 2 is 1.08 bits per heavy atom. The summed E-state index contributed by atoms with van der Waals surface area (Å²) in [5.74, 6) is 1.85. The van der Waals surface area contributed by atoms with Gasteiger partial charge in [-0.1, -0.05) is 146 Å². The molecule has 2 aromatic heterocycles. The highest BCUT2D eigenvalue weighted by Gasteiger charge is 2.25. The third-order valence-electron chi connectivity index (χ3n) is 10.8. The topological polar surface area (TPSA) is 51.8 Å². The molecular formula is C49H31N3O. The normalized spacial score (nSPS) is 13.4. The maximum absolute atomic E-state index is 6.26. The Balaban J connectivity index is 1.06. The quantitative estimate of drug-likeness (QED) is 0.182. The van der Waals surface area contributed by atoms with E-state index in [1.807, 2.05) is 36.4 Å². The third-order valence-corrected chi connectivity index (χ3v) is 10.8. The number of hydrogen-bond donors (Lipinski definition) is 0. The molecule has 2 aliphatic rings. The highest BCUT2D eigenvalue weighted by atomic mass is 16.3. The standard InChI is InChI=1S/C49H31N3O/c1-2-11-30(12-3-1)33-13-8-14-34(29-33)48-50-47(51-49(52-48)42-20-10-22-44-46(42)41-17-6-7-21-43(41)53-44)32-25-23-31(24-26-32)35-27-28-40-37-16-5-4-15-36(37)39-19-9-18-38(35)45(39)40/h1-3,5-14,16-29H,4,15H2. The summed E-state index contributed by atoms with van der Waals surface area (Å²) in [5, 5.41) is 4.70. The molecule has 248 valence electrons. The van der Waals surface area contributed by atoms with E-state index in [4.69, 9.17) is 19.4 Å². The first-order valence-corrected chi connectivity index (χ1v) is 18.2. The minimum absolute atomic E-state index is 0.606. The van der Waals surface area contributed by atoms with Crippen LogP contribution in [0.4, 0.5) is 0 Å². The van der Waals surface area contributed by atoms with Gasteiger partial charge in [0.15, 0.2) is 17.5 Å². The number of nitrogens with zero attached hydrogens (tertiary/aromatic N) is 3. The molecule has 53 heavy (non-hydrogen) atoms. The number of allylic oxidation sites excluding steroid dienone is 4. The maximum Gasteiger partial charge on any atom is 0.164 e. The van der Waals surface area contributed by atoms with Gasteiger partial charge in [0, 0.05) is 27.5 Å². The largest absolute Gasteiger partial charge is 0.456 e. The molecule has 0 atom stereocenters. The zero-order valence-electron chi connectivity index (χ0n) is 28.8. The molecule has 7 aromatic carbocycles. The first kappa shape index (κ1) is 29.8. The van der Waals surface area contributed by atoms with Crippen molar-refractivity contribution in [2.45, 2.75) is 12.8 Å². The van der Waals surface area contributed by atoms with E-state index in [9.17, 15) is 0 Å². The monoisotopic (exact) mass is 677 g/mol. The molecule has 0 amide bonds. The maximum atomic E-state index is 6.26. The molecule has 11 rings (SSSR count). The van der Waals surface area contributed by atoms with E-state index in [-0.39, 0.29) is 0 Å². The van der Waals surface area contributed by atoms with Crippen molar-refractivity contribution in [2.24, 2.45) is 0 Å². The molecule has 4 nitrogen and oxygen atoms in total. The smallest absolute Gasteiger partial charge is 0.164 e. The van der Waals surface area contributed by atoms with Crippen LogP contribution >= 0.6 is 0 Å². The molecule has 0 radical (unpaired) electrons. The van der Waals surface area contributed by atoms with Gasteiger partial charge >= 0.3 is 0 Å². The molecule has 0 spiro atoms. The van der Waals surface area contributed by atoms with Crippen LogP contribution in [0.1, 0.15) is 24.0 Å². The molecule has 0 unspecified atom stereocenters. The molecule has 0 saturated carbocycles. The number of fused-ring (bicyclic) bond motifs is 5. The fourth-order valence-corrected chi connectivity index (χ4v) is 8.31. The zero-order valence-corrected chi connectivity index (χ0v) is 28.8. The van der Waals surface area contributed by atoms with Crippen molar-refractivity contribution in [3.63, 3.8) is 0 Å². The summed E-state index contributed by atoms with van der Waals surface area (Å²) < 4.78 is 6.26. The lowest BCUT2D eigenvalue weighted by Crippen LogP contribution is -2.00. The van der Waals surface area contributed by atoms with Crippen LogP contribution in [0.2, 0.25) is 0 Å². The fraction of sp³-hybridized carbons (Fsp3) is 0.0408. The predicted octanol–water partition coefficient (Wildman–Crippen LogP) is 12.8. The van der Waals surface area contributed by atoms with Crippen LogP contribution in [-0.2, 0) is 0 Å². The second kappa shape index (κ2) is 11.8. The van der Waals surface area contributed by atoms with Crippen LogP contribution in [0.25, 0.3) is 100 Å². The molecular weight excluding hydrogens is 647 g/mol. The Labute approximate surface area is 306 Å². The van der Waals surface area contributed by atoms with Crippen LogP contribution in [0.15, 0.2) is 168 Å². The predicted molar refractivity (Wildman–Crippen MR) is 217 cm³/mol. The Morgan fingerprint density at radius 3 is 1.98 bits per heavy atom. The van der Waals surface area contributed by atoms with Crippen LogP contribution in [0.3, 0.4) is 0 Å². The van der Waals surface area contributed by atoms with Crippen LogP contribution in [0, 0.1) is 0 Å². The molecule has 0 aliphatic heterocycles. The van der Waals surface area contributed by atoms with Crippen LogP contribution in [-0.4, -0.2) is 15.0 Å². The lowest BCUT2D eigenvalue weighted by Gasteiger charge is -2.12. The number of rotatable bonds is 5. The Bertz CT molecular complexity index is 2990. The minimum atomic E-state index is 0.606. The van der Waals surface area contributed by atoms with Crippen LogP contribution in [0.5, 0.6) is 0 Å². The lowest BCUT2D eigenvalue weighted by atomic mass is 9.93. The zero-order chi connectivity index (χ0) is 34.9. The second-order valence-corrected chi connectivity index (χ2v) is 13.8. The van der Waals surface area contributed by atoms with E-state index in [1.165, 1.54) is 38.6 Å². The average Bonchev–Trinajstić information content (AvgIpc) is 3.78. The van der Waals surface area contributed by atoms with Gasteiger partial charge in [-0.2, -0.15) is 0 Å². The number of hydrogen-bond acceptors (Lipinski definition) is 4. The number of aromatic nitrogens is 3. The average molecular weight is 678 g/mol. The molecule has 0 fully saturated rings. The van der Waals surface area contributed by atoms with E-state index in [2.05, 4.69) is 127 Å². The van der Waals surface area contributed by atoms with Gasteiger partial charge in [-0.05, 0) is 86.3 Å². The molecule has 0 saturated heterocycles. The summed E-state index contributed by atoms with van der Waals surface area (Å²) in [6.45, 7) is 0. The summed E-state index contributed by atoms with van der Waals surface area (Å²) in [6.07, 6.45) is 6.82. The Kier molecular flexibility index (Phi) is 6.65. The van der Waals surface area contributed by atoms with Gasteiger partial charge in [0.1, 0.15) is 11.2 Å². The van der Waals surface area contributed by atoms with Crippen molar-refractivity contribution in [1.29, 1.82) is 0 Å². The van der Waals surface area contributed by atoms with Gasteiger partial charge in [-0.15, -0.1) is 0 Å². The van der Waals surface area contributed by atoms with Gasteiger partial charge in [0.2, 0.25) is 0 Å². The van der Waals surface area contributed by atoms with Crippen molar-refractivity contribution in [2.75, 3.05) is 0 Å². The lowest BCUT2D eigenvalue weighted by molar-refractivity contribution is 0.669. The first-order valence-electron chi connectivity index (χ1n) is 18.2. The van der Waals surface area contributed by atoms with Crippen molar-refractivity contribution in [3.8, 4) is 56.4 Å². The second-order valence-electron chi connectivity index (χ2n) is 13.8. The van der Waals surface area contributed by atoms with Gasteiger partial charge in [0.05, 0.1) is 0 Å². The molecule has 2 aliphatic carbocycles. The number of furan rings is 1. The van der Waals surface area contributed by atoms with E-state index in [0.717, 1.165) is 68.2 Å². The third kappa shape index (κ3) is 4.80. The highest BCUT2D eigenvalue weighted by Crippen LogP contribution is 2.48. The van der Waals surface area contributed by atoms with Gasteiger partial charge in [-0.25, -0.2) is 15.0 Å².